The van der Waals surface area contributed by atoms with Crippen LogP contribution in [-0.2, 0) is 0 Å². The number of amides is 1. The summed E-state index contributed by atoms with van der Waals surface area (Å²) in [5.74, 6) is 0.946. The van der Waals surface area contributed by atoms with Crippen molar-refractivity contribution in [2.24, 2.45) is 0 Å². The molecule has 122 valence electrons. The molecule has 0 bridgehead atoms. The second-order valence-electron chi connectivity index (χ2n) is 5.06. The molecule has 0 saturated heterocycles. The summed E-state index contributed by atoms with van der Waals surface area (Å²) in [4.78, 5) is 12.4. The average Bonchev–Trinajstić information content (AvgIpc) is 3.12. The van der Waals surface area contributed by atoms with Gasteiger partial charge < -0.3 is 14.8 Å². The molecule has 0 aliphatic heterocycles. The molecular formula is C18H17N3O3. The number of nitrogens with zero attached hydrogens (tertiary/aromatic N) is 2. The van der Waals surface area contributed by atoms with Crippen LogP contribution >= 0.6 is 0 Å². The summed E-state index contributed by atoms with van der Waals surface area (Å²) in [6.07, 6.45) is 3.21. The van der Waals surface area contributed by atoms with Crippen molar-refractivity contribution in [3.63, 3.8) is 0 Å². The van der Waals surface area contributed by atoms with E-state index in [2.05, 4.69) is 10.4 Å². The monoisotopic (exact) mass is 323 g/mol. The van der Waals surface area contributed by atoms with Crippen LogP contribution in [0.5, 0.6) is 11.5 Å². The molecule has 0 saturated carbocycles. The first-order valence-corrected chi connectivity index (χ1v) is 7.34. The van der Waals surface area contributed by atoms with Crippen LogP contribution in [0, 0.1) is 0 Å². The molecule has 0 aliphatic carbocycles. The third-order valence-corrected chi connectivity index (χ3v) is 3.47. The van der Waals surface area contributed by atoms with Crippen LogP contribution < -0.4 is 14.8 Å². The van der Waals surface area contributed by atoms with Gasteiger partial charge in [-0.15, -0.1) is 0 Å². The number of nitrogens with one attached hydrogen (secondary N) is 1. The van der Waals surface area contributed by atoms with Crippen molar-refractivity contribution in [3.8, 4) is 17.2 Å². The Morgan fingerprint density at radius 1 is 1.04 bits per heavy atom. The molecule has 2 aromatic carbocycles. The van der Waals surface area contributed by atoms with E-state index in [1.165, 1.54) is 6.20 Å². The number of hydrogen-bond acceptors (Lipinski definition) is 4. The van der Waals surface area contributed by atoms with Crippen LogP contribution in [0.3, 0.4) is 0 Å². The highest BCUT2D eigenvalue weighted by molar-refractivity contribution is 6.04. The Balaban J connectivity index is 1.80. The Hall–Kier alpha value is -3.28. The Labute approximate surface area is 139 Å². The van der Waals surface area contributed by atoms with E-state index in [-0.39, 0.29) is 5.91 Å². The first kappa shape index (κ1) is 15.6. The Morgan fingerprint density at radius 2 is 1.71 bits per heavy atom. The van der Waals surface area contributed by atoms with Crippen molar-refractivity contribution in [1.29, 1.82) is 0 Å². The molecule has 24 heavy (non-hydrogen) atoms. The van der Waals surface area contributed by atoms with E-state index in [1.807, 2.05) is 30.3 Å². The third kappa shape index (κ3) is 3.38. The number of carbonyl (C=O) groups excluding carboxylic acids is 1. The van der Waals surface area contributed by atoms with Crippen LogP contribution in [0.4, 0.5) is 5.69 Å². The fourth-order valence-corrected chi connectivity index (χ4v) is 2.24. The highest BCUT2D eigenvalue weighted by atomic mass is 16.5. The molecule has 6 heteroatoms. The lowest BCUT2D eigenvalue weighted by atomic mass is 10.2. The number of para-hydroxylation sites is 1. The van der Waals surface area contributed by atoms with Crippen molar-refractivity contribution >= 4 is 11.6 Å². The quantitative estimate of drug-likeness (QED) is 0.783. The minimum absolute atomic E-state index is 0.257. The first-order valence-electron chi connectivity index (χ1n) is 7.34. The molecule has 0 spiro atoms. The average molecular weight is 323 g/mol. The van der Waals surface area contributed by atoms with Gasteiger partial charge in [-0.3, -0.25) is 4.79 Å². The molecule has 1 N–H and O–H groups in total. The van der Waals surface area contributed by atoms with Gasteiger partial charge in [0, 0.05) is 30.1 Å². The zero-order valence-corrected chi connectivity index (χ0v) is 13.4. The highest BCUT2D eigenvalue weighted by Gasteiger charge is 2.11. The topological polar surface area (TPSA) is 65.4 Å². The number of benzene rings is 2. The van der Waals surface area contributed by atoms with E-state index < -0.39 is 0 Å². The van der Waals surface area contributed by atoms with Crippen molar-refractivity contribution < 1.29 is 14.3 Å². The van der Waals surface area contributed by atoms with Crippen LogP contribution in [0.2, 0.25) is 0 Å². The predicted octanol–water partition coefficient (Wildman–Crippen LogP) is 3.14. The summed E-state index contributed by atoms with van der Waals surface area (Å²) in [6, 6.07) is 14.8. The Morgan fingerprint density at radius 3 is 2.33 bits per heavy atom. The van der Waals surface area contributed by atoms with E-state index in [1.54, 1.807) is 43.3 Å². The van der Waals surface area contributed by atoms with Gasteiger partial charge in [0.05, 0.1) is 31.7 Å². The van der Waals surface area contributed by atoms with Gasteiger partial charge >= 0.3 is 0 Å². The zero-order valence-electron chi connectivity index (χ0n) is 13.4. The van der Waals surface area contributed by atoms with Gasteiger partial charge in [-0.1, -0.05) is 18.2 Å². The summed E-state index contributed by atoms with van der Waals surface area (Å²) in [5.41, 5.74) is 1.93. The summed E-state index contributed by atoms with van der Waals surface area (Å²) in [7, 11) is 3.12. The summed E-state index contributed by atoms with van der Waals surface area (Å²) >= 11 is 0. The second kappa shape index (κ2) is 6.87. The first-order chi connectivity index (χ1) is 11.7. The lowest BCUT2D eigenvalue weighted by Gasteiger charge is -2.09. The molecule has 0 aliphatic rings. The van der Waals surface area contributed by atoms with Crippen LogP contribution in [0.25, 0.3) is 5.69 Å². The SMILES string of the molecule is COc1cc(NC(=O)c2cnn(-c3ccccc3)c2)cc(OC)c1. The van der Waals surface area contributed by atoms with E-state index in [0.29, 0.717) is 22.7 Å². The Bertz CT molecular complexity index is 821. The lowest BCUT2D eigenvalue weighted by molar-refractivity contribution is 0.102. The van der Waals surface area contributed by atoms with Gasteiger partial charge in [0.2, 0.25) is 0 Å². The van der Waals surface area contributed by atoms with Crippen molar-refractivity contribution in [2.45, 2.75) is 0 Å². The van der Waals surface area contributed by atoms with Crippen LogP contribution in [-0.4, -0.2) is 29.9 Å². The smallest absolute Gasteiger partial charge is 0.258 e. The maximum atomic E-state index is 12.4. The molecule has 1 heterocycles. The number of anilines is 1. The molecule has 6 nitrogen and oxygen atoms in total. The van der Waals surface area contributed by atoms with Crippen LogP contribution in [0.1, 0.15) is 10.4 Å². The molecule has 0 fully saturated rings. The molecule has 3 aromatic rings. The molecule has 0 radical (unpaired) electrons. The van der Waals surface area contributed by atoms with E-state index in [4.69, 9.17) is 9.47 Å². The number of rotatable bonds is 5. The minimum Gasteiger partial charge on any atom is -0.497 e. The van der Waals surface area contributed by atoms with Crippen LogP contribution in [0.15, 0.2) is 60.9 Å². The van der Waals surface area contributed by atoms with E-state index >= 15 is 0 Å². The zero-order chi connectivity index (χ0) is 16.9. The summed E-state index contributed by atoms with van der Waals surface area (Å²) < 4.78 is 12.1. The van der Waals surface area contributed by atoms with E-state index in [9.17, 15) is 4.79 Å². The van der Waals surface area contributed by atoms with Gasteiger partial charge in [-0.2, -0.15) is 5.10 Å². The molecule has 1 amide bonds. The van der Waals surface area contributed by atoms with Gasteiger partial charge in [0.25, 0.3) is 5.91 Å². The predicted molar refractivity (Wildman–Crippen MR) is 91.1 cm³/mol. The number of hydrogen-bond donors (Lipinski definition) is 1. The molecule has 3 rings (SSSR count). The Kier molecular flexibility index (Phi) is 4.47. The number of aromatic nitrogens is 2. The maximum absolute atomic E-state index is 12.4. The van der Waals surface area contributed by atoms with Gasteiger partial charge in [0.15, 0.2) is 0 Å². The summed E-state index contributed by atoms with van der Waals surface area (Å²) in [6.45, 7) is 0. The van der Waals surface area contributed by atoms with Crippen molar-refractivity contribution in [1.82, 2.24) is 9.78 Å². The second-order valence-corrected chi connectivity index (χ2v) is 5.06. The fourth-order valence-electron chi connectivity index (χ4n) is 2.24. The molecule has 0 atom stereocenters. The number of carbonyl (C=O) groups is 1. The highest BCUT2D eigenvalue weighted by Crippen LogP contribution is 2.26. The van der Waals surface area contributed by atoms with Gasteiger partial charge in [-0.25, -0.2) is 4.68 Å². The standard InChI is InChI=1S/C18H17N3O3/c1-23-16-8-14(9-17(10-16)24-2)20-18(22)13-11-19-21(12-13)15-6-4-3-5-7-15/h3-12H,1-2H3,(H,20,22). The third-order valence-electron chi connectivity index (χ3n) is 3.47. The molecular weight excluding hydrogens is 306 g/mol. The minimum atomic E-state index is -0.257. The van der Waals surface area contributed by atoms with Gasteiger partial charge in [0.1, 0.15) is 11.5 Å². The largest absolute Gasteiger partial charge is 0.497 e. The maximum Gasteiger partial charge on any atom is 0.258 e. The fraction of sp³-hybridized carbons (Fsp3) is 0.111. The van der Waals surface area contributed by atoms with Gasteiger partial charge in [-0.05, 0) is 12.1 Å². The molecule has 1 aromatic heterocycles. The van der Waals surface area contributed by atoms with Crippen molar-refractivity contribution in [2.75, 3.05) is 19.5 Å². The number of methoxy groups -OCH3 is 2. The lowest BCUT2D eigenvalue weighted by Crippen LogP contribution is -2.11. The normalized spacial score (nSPS) is 10.2. The number of ether oxygens (including phenoxy) is 2. The summed E-state index contributed by atoms with van der Waals surface area (Å²) in [5, 5.41) is 7.04. The molecule has 0 unspecified atom stereocenters. The van der Waals surface area contributed by atoms with Crippen molar-refractivity contribution in [3.05, 3.63) is 66.5 Å². The van der Waals surface area contributed by atoms with E-state index in [0.717, 1.165) is 5.69 Å².